The highest BCUT2D eigenvalue weighted by Gasteiger charge is 2.23. The van der Waals surface area contributed by atoms with Crippen molar-refractivity contribution in [2.24, 2.45) is 0 Å². The molecule has 2 N–H and O–H groups in total. The molecule has 0 saturated carbocycles. The third-order valence-corrected chi connectivity index (χ3v) is 4.92. The minimum atomic E-state index is -1.55. The van der Waals surface area contributed by atoms with Gasteiger partial charge in [0.2, 0.25) is 0 Å². The Labute approximate surface area is 151 Å². The number of hydrogen-bond donors (Lipinski definition) is 2. The molecule has 23 heavy (non-hydrogen) atoms. The van der Waals surface area contributed by atoms with E-state index in [2.05, 4.69) is 11.7 Å². The maximum Gasteiger partial charge on any atom is 0.511 e. The van der Waals surface area contributed by atoms with E-state index in [0.717, 1.165) is 19.3 Å². The molecule has 1 rings (SSSR count). The van der Waals surface area contributed by atoms with Crippen molar-refractivity contribution in [3.05, 3.63) is 20.6 Å². The molecule has 0 radical (unpaired) electrons. The molecule has 0 aromatic heterocycles. The van der Waals surface area contributed by atoms with Crippen molar-refractivity contribution >= 4 is 41.0 Å². The first-order valence-corrected chi connectivity index (χ1v) is 8.82. The van der Waals surface area contributed by atoms with E-state index in [1.807, 2.05) is 0 Å². The monoisotopic (exact) mass is 382 g/mol. The van der Waals surface area contributed by atoms with E-state index in [-0.39, 0.29) is 20.8 Å². The summed E-state index contributed by atoms with van der Waals surface area (Å²) in [5.74, 6) is -0.732. The van der Waals surface area contributed by atoms with Gasteiger partial charge in [-0.2, -0.15) is 0 Å². The molecule has 0 amide bonds. The first kappa shape index (κ1) is 20.2. The summed E-state index contributed by atoms with van der Waals surface area (Å²) in [6.07, 6.45) is 6.62. The number of ether oxygens (including phenoxy) is 1. The molecule has 1 aromatic rings. The van der Waals surface area contributed by atoms with E-state index in [4.69, 9.17) is 39.9 Å². The summed E-state index contributed by atoms with van der Waals surface area (Å²) in [4.78, 5) is 10.8. The van der Waals surface area contributed by atoms with E-state index in [1.165, 1.54) is 25.7 Å². The lowest BCUT2D eigenvalue weighted by molar-refractivity contribution is 0.142. The fraction of sp³-hybridized carbons (Fsp3) is 0.562. The number of phenolic OH excluding ortho intramolecular Hbond substituents is 1. The van der Waals surface area contributed by atoms with Crippen LogP contribution in [-0.4, -0.2) is 16.4 Å². The smallest absolute Gasteiger partial charge is 0.503 e. The van der Waals surface area contributed by atoms with Crippen LogP contribution in [0.1, 0.15) is 57.4 Å². The first-order valence-electron chi connectivity index (χ1n) is 7.69. The molecule has 0 aliphatic carbocycles. The predicted octanol–water partition coefficient (Wildman–Crippen LogP) is 6.70. The molecule has 0 aliphatic rings. The van der Waals surface area contributed by atoms with Gasteiger partial charge in [-0.3, -0.25) is 0 Å². The van der Waals surface area contributed by atoms with E-state index >= 15 is 0 Å². The topological polar surface area (TPSA) is 66.8 Å². The number of rotatable bonds is 9. The average Bonchev–Trinajstić information content (AvgIpc) is 2.51. The van der Waals surface area contributed by atoms with Gasteiger partial charge in [0.25, 0.3) is 0 Å². The Morgan fingerprint density at radius 3 is 2.09 bits per heavy atom. The lowest BCUT2D eigenvalue weighted by Gasteiger charge is -2.15. The maximum absolute atomic E-state index is 10.8. The molecule has 4 nitrogen and oxygen atoms in total. The largest absolute Gasteiger partial charge is 0.511 e. The van der Waals surface area contributed by atoms with Crippen molar-refractivity contribution < 1.29 is 19.7 Å². The molecule has 0 aliphatic heterocycles. The Balaban J connectivity index is 2.78. The Kier molecular flexibility index (Phi) is 8.88. The molecule has 0 heterocycles. The van der Waals surface area contributed by atoms with Crippen molar-refractivity contribution in [2.45, 2.75) is 58.3 Å². The van der Waals surface area contributed by atoms with Gasteiger partial charge in [0.05, 0.1) is 10.0 Å². The highest BCUT2D eigenvalue weighted by Crippen LogP contribution is 2.47. The summed E-state index contributed by atoms with van der Waals surface area (Å²) in [6, 6.07) is 0. The van der Waals surface area contributed by atoms with Gasteiger partial charge in [0, 0.05) is 5.56 Å². The average molecular weight is 384 g/mol. The van der Waals surface area contributed by atoms with Crippen LogP contribution in [0.3, 0.4) is 0 Å². The minimum Gasteiger partial charge on any atom is -0.503 e. The van der Waals surface area contributed by atoms with E-state index in [1.54, 1.807) is 0 Å². The third-order valence-electron chi connectivity index (χ3n) is 3.57. The van der Waals surface area contributed by atoms with Gasteiger partial charge >= 0.3 is 6.16 Å². The quantitative estimate of drug-likeness (QED) is 0.215. The summed E-state index contributed by atoms with van der Waals surface area (Å²) < 4.78 is 4.64. The van der Waals surface area contributed by atoms with Gasteiger partial charge in [-0.15, -0.1) is 0 Å². The Morgan fingerprint density at radius 1 is 0.957 bits per heavy atom. The second-order valence-corrected chi connectivity index (χ2v) is 6.47. The van der Waals surface area contributed by atoms with Crippen LogP contribution in [-0.2, 0) is 6.42 Å². The van der Waals surface area contributed by atoms with Crippen LogP contribution in [0.5, 0.6) is 11.5 Å². The third kappa shape index (κ3) is 5.94. The zero-order valence-corrected chi connectivity index (χ0v) is 15.3. The molecule has 7 heteroatoms. The number of aromatic hydroxyl groups is 1. The van der Waals surface area contributed by atoms with Crippen molar-refractivity contribution in [1.82, 2.24) is 0 Å². The van der Waals surface area contributed by atoms with Gasteiger partial charge in [0.1, 0.15) is 5.02 Å². The number of benzene rings is 1. The standard InChI is InChI=1S/C16H21Cl3O4/c1-2-3-4-5-6-7-8-9-10-11(17)12(18)13(19)14(20)15(10)23-16(21)22/h20H,2-9H2,1H3,(H,21,22). The summed E-state index contributed by atoms with van der Waals surface area (Å²) in [5.41, 5.74) is 0.370. The number of phenols is 1. The summed E-state index contributed by atoms with van der Waals surface area (Å²) in [5, 5.41) is 18.7. The zero-order chi connectivity index (χ0) is 17.4. The molecule has 130 valence electrons. The molecule has 0 bridgehead atoms. The molecule has 0 spiro atoms. The van der Waals surface area contributed by atoms with Gasteiger partial charge in [0.15, 0.2) is 11.5 Å². The Hall–Kier alpha value is -0.840. The Bertz CT molecular complexity index is 547. The number of halogens is 3. The maximum atomic E-state index is 10.8. The van der Waals surface area contributed by atoms with Crippen LogP contribution < -0.4 is 4.74 Å². The first-order chi connectivity index (χ1) is 10.9. The van der Waals surface area contributed by atoms with E-state index < -0.39 is 11.9 Å². The lowest BCUT2D eigenvalue weighted by atomic mass is 10.0. The fourth-order valence-corrected chi connectivity index (χ4v) is 3.06. The number of unbranched alkanes of at least 4 members (excludes halogenated alkanes) is 6. The predicted molar refractivity (Wildman–Crippen MR) is 93.5 cm³/mol. The van der Waals surface area contributed by atoms with Crippen LogP contribution in [0.2, 0.25) is 15.1 Å². The minimum absolute atomic E-state index is 0.00141. The number of carboxylic acid groups (broad SMARTS) is 1. The Morgan fingerprint density at radius 2 is 1.52 bits per heavy atom. The van der Waals surface area contributed by atoms with Crippen LogP contribution in [0, 0.1) is 0 Å². The lowest BCUT2D eigenvalue weighted by Crippen LogP contribution is -2.07. The van der Waals surface area contributed by atoms with Gasteiger partial charge in [-0.1, -0.05) is 80.3 Å². The van der Waals surface area contributed by atoms with E-state index in [9.17, 15) is 9.90 Å². The van der Waals surface area contributed by atoms with E-state index in [0.29, 0.717) is 12.0 Å². The molecule has 0 saturated heterocycles. The van der Waals surface area contributed by atoms with Crippen LogP contribution in [0.15, 0.2) is 0 Å². The molecule has 0 fully saturated rings. The summed E-state index contributed by atoms with van der Waals surface area (Å²) in [7, 11) is 0. The molecule has 0 atom stereocenters. The summed E-state index contributed by atoms with van der Waals surface area (Å²) >= 11 is 17.9. The van der Waals surface area contributed by atoms with Gasteiger partial charge in [-0.25, -0.2) is 4.79 Å². The van der Waals surface area contributed by atoms with Gasteiger partial charge < -0.3 is 14.9 Å². The zero-order valence-electron chi connectivity index (χ0n) is 13.0. The number of carbonyl (C=O) groups is 1. The SMILES string of the molecule is CCCCCCCCCc1c(Cl)c(Cl)c(Cl)c(O)c1OC(=O)O. The highest BCUT2D eigenvalue weighted by molar-refractivity contribution is 6.49. The fourth-order valence-electron chi connectivity index (χ4n) is 2.35. The molecular weight excluding hydrogens is 363 g/mol. The number of hydrogen-bond acceptors (Lipinski definition) is 3. The molecule has 0 unspecified atom stereocenters. The second-order valence-electron chi connectivity index (χ2n) is 5.34. The van der Waals surface area contributed by atoms with Crippen LogP contribution in [0.25, 0.3) is 0 Å². The van der Waals surface area contributed by atoms with Crippen molar-refractivity contribution in [3.63, 3.8) is 0 Å². The van der Waals surface area contributed by atoms with Gasteiger partial charge in [-0.05, 0) is 12.8 Å². The van der Waals surface area contributed by atoms with Crippen molar-refractivity contribution in [3.8, 4) is 11.5 Å². The van der Waals surface area contributed by atoms with Crippen molar-refractivity contribution in [1.29, 1.82) is 0 Å². The highest BCUT2D eigenvalue weighted by atomic mass is 35.5. The van der Waals surface area contributed by atoms with Crippen molar-refractivity contribution in [2.75, 3.05) is 0 Å². The van der Waals surface area contributed by atoms with Crippen LogP contribution in [0.4, 0.5) is 4.79 Å². The molecule has 1 aromatic carbocycles. The second kappa shape index (κ2) is 10.1. The summed E-state index contributed by atoms with van der Waals surface area (Å²) in [6.45, 7) is 2.17. The normalized spacial score (nSPS) is 10.8. The molecular formula is C16H21Cl3O4. The van der Waals surface area contributed by atoms with Crippen LogP contribution >= 0.6 is 34.8 Å².